The summed E-state index contributed by atoms with van der Waals surface area (Å²) < 4.78 is 11.0. The summed E-state index contributed by atoms with van der Waals surface area (Å²) in [5, 5.41) is 6.92. The minimum absolute atomic E-state index is 0. The Hall–Kier alpha value is -0.940. The SMILES string of the molecule is CCNC(=NCC(c1cccc(C)c1)N1CCOCC1)NCCCN1CCOCC1.I. The number of hydrogen-bond acceptors (Lipinski definition) is 5. The van der Waals surface area contributed by atoms with Crippen LogP contribution in [-0.4, -0.2) is 94.5 Å². The van der Waals surface area contributed by atoms with Crippen LogP contribution in [0.1, 0.15) is 30.5 Å². The number of hydrogen-bond donors (Lipinski definition) is 2. The van der Waals surface area contributed by atoms with E-state index in [1.165, 1.54) is 11.1 Å². The number of halogens is 1. The quantitative estimate of drug-likeness (QED) is 0.215. The average molecular weight is 546 g/mol. The van der Waals surface area contributed by atoms with E-state index in [2.05, 4.69) is 58.5 Å². The summed E-state index contributed by atoms with van der Waals surface area (Å²) in [6, 6.07) is 9.10. The van der Waals surface area contributed by atoms with Gasteiger partial charge in [0.15, 0.2) is 5.96 Å². The molecule has 0 bridgehead atoms. The topological polar surface area (TPSA) is 61.4 Å². The number of aliphatic imine (C=N–C) groups is 1. The van der Waals surface area contributed by atoms with Crippen molar-refractivity contribution in [2.45, 2.75) is 26.3 Å². The van der Waals surface area contributed by atoms with Gasteiger partial charge in [0.05, 0.1) is 39.0 Å². The lowest BCUT2D eigenvalue weighted by Crippen LogP contribution is -2.42. The first-order valence-electron chi connectivity index (χ1n) is 11.5. The van der Waals surface area contributed by atoms with E-state index in [-0.39, 0.29) is 30.0 Å². The number of morpholine rings is 2. The van der Waals surface area contributed by atoms with Gasteiger partial charge in [-0.3, -0.25) is 14.8 Å². The predicted molar refractivity (Wildman–Crippen MR) is 138 cm³/mol. The second-order valence-electron chi connectivity index (χ2n) is 8.03. The molecule has 0 aromatic heterocycles. The highest BCUT2D eigenvalue weighted by atomic mass is 127. The number of ether oxygens (including phenoxy) is 2. The molecular formula is C23H40IN5O2. The summed E-state index contributed by atoms with van der Waals surface area (Å²) in [5.74, 6) is 0.908. The summed E-state index contributed by atoms with van der Waals surface area (Å²) in [6.07, 6.45) is 1.11. The van der Waals surface area contributed by atoms with Crippen molar-refractivity contribution >= 4 is 29.9 Å². The first-order valence-corrected chi connectivity index (χ1v) is 11.5. The lowest BCUT2D eigenvalue weighted by Gasteiger charge is -2.34. The summed E-state index contributed by atoms with van der Waals surface area (Å²) in [4.78, 5) is 9.94. The molecule has 0 saturated carbocycles. The molecule has 176 valence electrons. The maximum absolute atomic E-state index is 5.58. The van der Waals surface area contributed by atoms with Crippen LogP contribution in [0.4, 0.5) is 0 Å². The van der Waals surface area contributed by atoms with Crippen LogP contribution in [0.3, 0.4) is 0 Å². The summed E-state index contributed by atoms with van der Waals surface area (Å²) >= 11 is 0. The Bertz CT molecular complexity index is 649. The van der Waals surface area contributed by atoms with E-state index in [1.807, 2.05) is 0 Å². The first kappa shape index (κ1) is 26.3. The Morgan fingerprint density at radius 2 is 1.77 bits per heavy atom. The zero-order valence-electron chi connectivity index (χ0n) is 19.1. The molecule has 2 aliphatic heterocycles. The molecular weight excluding hydrogens is 505 g/mol. The van der Waals surface area contributed by atoms with Crippen molar-refractivity contribution in [1.29, 1.82) is 0 Å². The van der Waals surface area contributed by atoms with Crippen molar-refractivity contribution in [3.05, 3.63) is 35.4 Å². The van der Waals surface area contributed by atoms with Gasteiger partial charge in [0, 0.05) is 39.3 Å². The zero-order chi connectivity index (χ0) is 21.0. The molecule has 0 spiro atoms. The van der Waals surface area contributed by atoms with Crippen molar-refractivity contribution in [3.63, 3.8) is 0 Å². The fraction of sp³-hybridized carbons (Fsp3) is 0.696. The van der Waals surface area contributed by atoms with Crippen LogP contribution in [0.25, 0.3) is 0 Å². The lowest BCUT2D eigenvalue weighted by atomic mass is 10.0. The third-order valence-electron chi connectivity index (χ3n) is 5.73. The van der Waals surface area contributed by atoms with E-state index in [0.717, 1.165) is 91.2 Å². The molecule has 0 radical (unpaired) electrons. The van der Waals surface area contributed by atoms with Crippen molar-refractivity contribution < 1.29 is 9.47 Å². The second-order valence-corrected chi connectivity index (χ2v) is 8.03. The van der Waals surface area contributed by atoms with E-state index in [4.69, 9.17) is 14.5 Å². The van der Waals surface area contributed by atoms with Crippen molar-refractivity contribution in [2.24, 2.45) is 4.99 Å². The van der Waals surface area contributed by atoms with Crippen LogP contribution >= 0.6 is 24.0 Å². The van der Waals surface area contributed by atoms with Gasteiger partial charge in [-0.05, 0) is 32.4 Å². The standard InChI is InChI=1S/C23H39N5O2.HI/c1-3-24-23(25-8-5-9-27-10-14-29-15-11-27)26-19-22(28-12-16-30-17-13-28)21-7-4-6-20(2)18-21;/h4,6-7,18,22H,3,5,8-17,19H2,1-2H3,(H2,24,25,26);1H. The number of nitrogens with one attached hydrogen (secondary N) is 2. The molecule has 0 amide bonds. The Balaban J connectivity index is 0.00000341. The van der Waals surface area contributed by atoms with Gasteiger partial charge in [0.2, 0.25) is 0 Å². The maximum atomic E-state index is 5.58. The van der Waals surface area contributed by atoms with E-state index in [9.17, 15) is 0 Å². The normalized spacial score (nSPS) is 19.5. The molecule has 1 aromatic rings. The highest BCUT2D eigenvalue weighted by molar-refractivity contribution is 14.0. The van der Waals surface area contributed by atoms with E-state index in [0.29, 0.717) is 0 Å². The smallest absolute Gasteiger partial charge is 0.191 e. The third-order valence-corrected chi connectivity index (χ3v) is 5.73. The predicted octanol–water partition coefficient (Wildman–Crippen LogP) is 2.26. The molecule has 1 unspecified atom stereocenters. The molecule has 2 aliphatic rings. The van der Waals surface area contributed by atoms with Crippen molar-refractivity contribution in [3.8, 4) is 0 Å². The van der Waals surface area contributed by atoms with Crippen LogP contribution in [0.5, 0.6) is 0 Å². The van der Waals surface area contributed by atoms with Gasteiger partial charge in [-0.2, -0.15) is 0 Å². The van der Waals surface area contributed by atoms with Crippen molar-refractivity contribution in [1.82, 2.24) is 20.4 Å². The van der Waals surface area contributed by atoms with Crippen LogP contribution in [0.15, 0.2) is 29.3 Å². The number of guanidine groups is 1. The van der Waals surface area contributed by atoms with Gasteiger partial charge in [-0.1, -0.05) is 29.8 Å². The largest absolute Gasteiger partial charge is 0.379 e. The second kappa shape index (κ2) is 15.0. The highest BCUT2D eigenvalue weighted by Gasteiger charge is 2.22. The van der Waals surface area contributed by atoms with Crippen LogP contribution < -0.4 is 10.6 Å². The minimum atomic E-state index is 0. The number of aryl methyl sites for hydroxylation is 1. The molecule has 2 heterocycles. The highest BCUT2D eigenvalue weighted by Crippen LogP contribution is 2.23. The van der Waals surface area contributed by atoms with E-state index in [1.54, 1.807) is 0 Å². The Labute approximate surface area is 205 Å². The van der Waals surface area contributed by atoms with Crippen LogP contribution in [0.2, 0.25) is 0 Å². The number of rotatable bonds is 9. The molecule has 1 aromatic carbocycles. The van der Waals surface area contributed by atoms with Gasteiger partial charge in [-0.15, -0.1) is 24.0 Å². The Morgan fingerprint density at radius 1 is 1.06 bits per heavy atom. The lowest BCUT2D eigenvalue weighted by molar-refractivity contribution is 0.0179. The maximum Gasteiger partial charge on any atom is 0.191 e. The van der Waals surface area contributed by atoms with Crippen molar-refractivity contribution in [2.75, 3.05) is 78.8 Å². The Morgan fingerprint density at radius 3 is 2.45 bits per heavy atom. The first-order chi connectivity index (χ1) is 14.8. The zero-order valence-corrected chi connectivity index (χ0v) is 21.5. The van der Waals surface area contributed by atoms with E-state index >= 15 is 0 Å². The van der Waals surface area contributed by atoms with Gasteiger partial charge in [0.25, 0.3) is 0 Å². The fourth-order valence-corrected chi connectivity index (χ4v) is 4.05. The minimum Gasteiger partial charge on any atom is -0.379 e. The number of benzene rings is 1. The Kier molecular flexibility index (Phi) is 12.7. The molecule has 2 fully saturated rings. The number of nitrogens with zero attached hydrogens (tertiary/aromatic N) is 3. The van der Waals surface area contributed by atoms with Gasteiger partial charge in [0.1, 0.15) is 0 Å². The van der Waals surface area contributed by atoms with Gasteiger partial charge in [-0.25, -0.2) is 0 Å². The molecule has 2 saturated heterocycles. The van der Waals surface area contributed by atoms with E-state index < -0.39 is 0 Å². The summed E-state index contributed by atoms with van der Waals surface area (Å²) in [7, 11) is 0. The van der Waals surface area contributed by atoms with Gasteiger partial charge < -0.3 is 20.1 Å². The average Bonchev–Trinajstić information content (AvgIpc) is 2.78. The molecule has 8 heteroatoms. The van der Waals surface area contributed by atoms with Crippen LogP contribution in [0, 0.1) is 6.92 Å². The molecule has 7 nitrogen and oxygen atoms in total. The molecule has 31 heavy (non-hydrogen) atoms. The summed E-state index contributed by atoms with van der Waals surface area (Å²) in [5.41, 5.74) is 2.63. The monoisotopic (exact) mass is 545 g/mol. The molecule has 1 atom stereocenters. The third kappa shape index (κ3) is 9.21. The van der Waals surface area contributed by atoms with Crippen LogP contribution in [-0.2, 0) is 9.47 Å². The fourth-order valence-electron chi connectivity index (χ4n) is 4.05. The molecule has 3 rings (SSSR count). The summed E-state index contributed by atoms with van der Waals surface area (Å²) in [6.45, 7) is 15.2. The van der Waals surface area contributed by atoms with Gasteiger partial charge >= 0.3 is 0 Å². The molecule has 0 aliphatic carbocycles. The molecule has 2 N–H and O–H groups in total.